The minimum atomic E-state index is -0.209. The molecule has 2 atom stereocenters. The zero-order chi connectivity index (χ0) is 25.1. The topological polar surface area (TPSA) is 54.4 Å². The molecule has 36 heavy (non-hydrogen) atoms. The summed E-state index contributed by atoms with van der Waals surface area (Å²) >= 11 is 0. The molecule has 0 N–H and O–H groups in total. The molecule has 6 nitrogen and oxygen atoms in total. The molecule has 1 fully saturated rings. The molecule has 0 saturated carbocycles. The van der Waals surface area contributed by atoms with Crippen LogP contribution >= 0.6 is 0 Å². The molecular formula is C30H31N3O3. The van der Waals surface area contributed by atoms with Crippen molar-refractivity contribution in [3.63, 3.8) is 0 Å². The van der Waals surface area contributed by atoms with Crippen LogP contribution in [0, 0.1) is 0 Å². The molecule has 3 aromatic carbocycles. The molecule has 184 valence electrons. The van der Waals surface area contributed by atoms with Gasteiger partial charge in [0.25, 0.3) is 0 Å². The summed E-state index contributed by atoms with van der Waals surface area (Å²) in [5.41, 5.74) is 4.08. The molecule has 3 aromatic rings. The Balaban J connectivity index is 1.61. The number of hydrogen-bond donors (Lipinski definition) is 0. The number of fused-ring (bicyclic) bond motifs is 1. The van der Waals surface area contributed by atoms with Crippen molar-refractivity contribution >= 4 is 17.9 Å². The average molecular weight is 482 g/mol. The van der Waals surface area contributed by atoms with Gasteiger partial charge in [0.1, 0.15) is 11.5 Å². The number of hydrogen-bond acceptors (Lipinski definition) is 5. The van der Waals surface area contributed by atoms with Crippen molar-refractivity contribution in [1.82, 2.24) is 9.80 Å². The van der Waals surface area contributed by atoms with Gasteiger partial charge >= 0.3 is 0 Å². The fourth-order valence-corrected chi connectivity index (χ4v) is 5.05. The second-order valence-electron chi connectivity index (χ2n) is 9.00. The Morgan fingerprint density at radius 1 is 0.972 bits per heavy atom. The second kappa shape index (κ2) is 10.3. The lowest BCUT2D eigenvalue weighted by molar-refractivity contribution is -0.126. The van der Waals surface area contributed by atoms with Crippen LogP contribution in [0.5, 0.6) is 11.5 Å². The molecule has 0 radical (unpaired) electrons. The van der Waals surface area contributed by atoms with E-state index in [-0.39, 0.29) is 18.0 Å². The van der Waals surface area contributed by atoms with Crippen molar-refractivity contribution in [1.29, 1.82) is 0 Å². The number of ether oxygens (including phenoxy) is 2. The van der Waals surface area contributed by atoms with Gasteiger partial charge in [-0.1, -0.05) is 67.6 Å². The van der Waals surface area contributed by atoms with Crippen LogP contribution in [0.4, 0.5) is 0 Å². The predicted octanol–water partition coefficient (Wildman–Crippen LogP) is 5.67. The van der Waals surface area contributed by atoms with E-state index in [0.29, 0.717) is 18.9 Å². The number of amides is 1. The minimum absolute atomic E-state index is 0.00534. The van der Waals surface area contributed by atoms with Crippen LogP contribution in [0.3, 0.4) is 0 Å². The van der Waals surface area contributed by atoms with Crippen molar-refractivity contribution in [3.8, 4) is 11.5 Å². The van der Waals surface area contributed by atoms with Crippen LogP contribution < -0.4 is 9.47 Å². The summed E-state index contributed by atoms with van der Waals surface area (Å²) in [7, 11) is 3.31. The molecular weight excluding hydrogens is 450 g/mol. The number of aliphatic imine (C=N–C) groups is 1. The molecule has 6 heteroatoms. The maximum atomic E-state index is 13.7. The first kappa shape index (κ1) is 23.7. The summed E-state index contributed by atoms with van der Waals surface area (Å²) in [6.45, 7) is 2.71. The highest BCUT2D eigenvalue weighted by Gasteiger charge is 2.45. The Morgan fingerprint density at radius 3 is 2.36 bits per heavy atom. The smallest absolute Gasteiger partial charge is 0.236 e. The number of guanidine groups is 1. The summed E-state index contributed by atoms with van der Waals surface area (Å²) in [4.78, 5) is 22.9. The minimum Gasteiger partial charge on any atom is -0.497 e. The van der Waals surface area contributed by atoms with Crippen LogP contribution in [0.1, 0.15) is 42.5 Å². The zero-order valence-corrected chi connectivity index (χ0v) is 20.9. The van der Waals surface area contributed by atoms with E-state index in [1.165, 1.54) is 0 Å². The Morgan fingerprint density at radius 2 is 1.69 bits per heavy atom. The van der Waals surface area contributed by atoms with Gasteiger partial charge in [-0.3, -0.25) is 9.69 Å². The SMILES string of the molecule is CC[C@@H]1/C(=C/c2ccccc2)N2C(=O)C[C@@H](c3ccccc3)N=C2N1Cc1ccc(OC)cc1OC. The van der Waals surface area contributed by atoms with Gasteiger partial charge < -0.3 is 14.4 Å². The third kappa shape index (κ3) is 4.47. The molecule has 0 aliphatic carbocycles. The monoisotopic (exact) mass is 481 g/mol. The highest BCUT2D eigenvalue weighted by Crippen LogP contribution is 2.39. The van der Waals surface area contributed by atoms with E-state index < -0.39 is 0 Å². The third-order valence-electron chi connectivity index (χ3n) is 6.84. The van der Waals surface area contributed by atoms with Gasteiger partial charge in [0, 0.05) is 11.6 Å². The Kier molecular flexibility index (Phi) is 6.76. The molecule has 2 aliphatic rings. The Bertz CT molecular complexity index is 1290. The molecule has 1 saturated heterocycles. The summed E-state index contributed by atoms with van der Waals surface area (Å²) in [5.74, 6) is 2.26. The molecule has 5 rings (SSSR count). The van der Waals surface area contributed by atoms with Crippen LogP contribution in [-0.4, -0.2) is 41.9 Å². The van der Waals surface area contributed by atoms with Gasteiger partial charge in [0.2, 0.25) is 11.9 Å². The summed E-state index contributed by atoms with van der Waals surface area (Å²) in [6.07, 6.45) is 3.29. The van der Waals surface area contributed by atoms with Crippen LogP contribution in [0.15, 0.2) is 89.6 Å². The van der Waals surface area contributed by atoms with E-state index in [2.05, 4.69) is 30.0 Å². The first-order chi connectivity index (χ1) is 17.6. The molecule has 0 aromatic heterocycles. The molecule has 0 bridgehead atoms. The zero-order valence-electron chi connectivity index (χ0n) is 20.9. The number of benzene rings is 3. The van der Waals surface area contributed by atoms with E-state index in [0.717, 1.165) is 40.3 Å². The standard InChI is InChI=1S/C30H31N3O3/c1-4-26-27(17-21-11-7-5-8-12-21)33-29(34)19-25(22-13-9-6-10-14-22)31-30(33)32(26)20-23-15-16-24(35-2)18-28(23)36-3/h5-18,25-26H,4,19-20H2,1-3H3/b27-17-/t25-,26+/m0/s1. The lowest BCUT2D eigenvalue weighted by atomic mass is 10.0. The molecule has 1 amide bonds. The summed E-state index contributed by atoms with van der Waals surface area (Å²) < 4.78 is 11.1. The van der Waals surface area contributed by atoms with Gasteiger partial charge in [-0.15, -0.1) is 0 Å². The summed E-state index contributed by atoms with van der Waals surface area (Å²) in [6, 6.07) is 25.9. The van der Waals surface area contributed by atoms with Crippen molar-refractivity contribution in [3.05, 3.63) is 101 Å². The molecule has 2 heterocycles. The Labute approximate surface area is 212 Å². The maximum Gasteiger partial charge on any atom is 0.236 e. The number of nitrogens with zero attached hydrogens (tertiary/aromatic N) is 3. The largest absolute Gasteiger partial charge is 0.497 e. The molecule has 0 unspecified atom stereocenters. The van der Waals surface area contributed by atoms with Crippen LogP contribution in [0.25, 0.3) is 6.08 Å². The van der Waals surface area contributed by atoms with Crippen molar-refractivity contribution in [2.75, 3.05) is 14.2 Å². The number of rotatable bonds is 7. The first-order valence-electron chi connectivity index (χ1n) is 12.3. The van der Waals surface area contributed by atoms with Gasteiger partial charge in [-0.25, -0.2) is 4.99 Å². The van der Waals surface area contributed by atoms with Gasteiger partial charge in [0.05, 0.1) is 45.0 Å². The quantitative estimate of drug-likeness (QED) is 0.436. The fraction of sp³-hybridized carbons (Fsp3) is 0.267. The Hall–Kier alpha value is -4.06. The summed E-state index contributed by atoms with van der Waals surface area (Å²) in [5, 5.41) is 0. The second-order valence-corrected chi connectivity index (χ2v) is 9.00. The highest BCUT2D eigenvalue weighted by atomic mass is 16.5. The maximum absolute atomic E-state index is 13.7. The lowest BCUT2D eigenvalue weighted by Crippen LogP contribution is -2.41. The van der Waals surface area contributed by atoms with Crippen LogP contribution in [0.2, 0.25) is 0 Å². The van der Waals surface area contributed by atoms with Crippen molar-refractivity contribution in [2.24, 2.45) is 4.99 Å². The fourth-order valence-electron chi connectivity index (χ4n) is 5.05. The van der Waals surface area contributed by atoms with E-state index in [1.807, 2.05) is 71.6 Å². The van der Waals surface area contributed by atoms with Crippen LogP contribution in [-0.2, 0) is 11.3 Å². The third-order valence-corrected chi connectivity index (χ3v) is 6.84. The number of carbonyl (C=O) groups is 1. The van der Waals surface area contributed by atoms with Crippen molar-refractivity contribution < 1.29 is 14.3 Å². The van der Waals surface area contributed by atoms with E-state index >= 15 is 0 Å². The molecule has 2 aliphatic heterocycles. The van der Waals surface area contributed by atoms with Crippen molar-refractivity contribution in [2.45, 2.75) is 38.4 Å². The predicted molar refractivity (Wildman–Crippen MR) is 142 cm³/mol. The number of methoxy groups -OCH3 is 2. The van der Waals surface area contributed by atoms with E-state index in [4.69, 9.17) is 14.5 Å². The highest BCUT2D eigenvalue weighted by molar-refractivity contribution is 6.04. The van der Waals surface area contributed by atoms with Gasteiger partial charge in [-0.05, 0) is 35.8 Å². The lowest BCUT2D eigenvalue weighted by Gasteiger charge is -2.30. The first-order valence-corrected chi connectivity index (χ1v) is 12.3. The van der Waals surface area contributed by atoms with Gasteiger partial charge in [-0.2, -0.15) is 0 Å². The normalized spacial score (nSPS) is 20.4. The van der Waals surface area contributed by atoms with E-state index in [9.17, 15) is 4.79 Å². The average Bonchev–Trinajstić information content (AvgIpc) is 3.22. The van der Waals surface area contributed by atoms with E-state index in [1.54, 1.807) is 14.2 Å². The molecule has 0 spiro atoms. The number of carbonyl (C=O) groups excluding carboxylic acids is 1. The van der Waals surface area contributed by atoms with Gasteiger partial charge in [0.15, 0.2) is 0 Å².